The second kappa shape index (κ2) is 3.80. The molecule has 0 spiro atoms. The molecule has 0 bridgehead atoms. The van der Waals surface area contributed by atoms with Gasteiger partial charge in [0.2, 0.25) is 5.91 Å². The molecule has 14 heavy (non-hydrogen) atoms. The first-order chi connectivity index (χ1) is 6.77. The molecule has 2 rings (SSSR count). The van der Waals surface area contributed by atoms with Gasteiger partial charge in [0.1, 0.15) is 0 Å². The van der Waals surface area contributed by atoms with Gasteiger partial charge in [0.15, 0.2) is 0 Å². The lowest BCUT2D eigenvalue weighted by Crippen LogP contribution is -2.31. The highest BCUT2D eigenvalue weighted by Gasteiger charge is 2.27. The van der Waals surface area contributed by atoms with E-state index in [-0.39, 0.29) is 11.9 Å². The number of nitrogens with one attached hydrogen (secondary N) is 1. The van der Waals surface area contributed by atoms with Crippen molar-refractivity contribution in [3.63, 3.8) is 0 Å². The molecule has 0 saturated carbocycles. The Bertz CT molecular complexity index is 323. The molecule has 3 heteroatoms. The minimum atomic E-state index is -0.581. The molecular formula is C11H13NO2. The Hall–Kier alpha value is -1.35. The monoisotopic (exact) mass is 191 g/mol. The fraction of sp³-hybridized carbons (Fsp3) is 0.364. The molecule has 1 aromatic rings. The van der Waals surface area contributed by atoms with Crippen molar-refractivity contribution in [2.75, 3.05) is 0 Å². The summed E-state index contributed by atoms with van der Waals surface area (Å²) in [6.07, 6.45) is 0.659. The predicted octanol–water partition coefficient (Wildman–Crippen LogP) is 0.999. The molecule has 0 unspecified atom stereocenters. The van der Waals surface area contributed by atoms with Crippen molar-refractivity contribution in [2.45, 2.75) is 25.0 Å². The van der Waals surface area contributed by atoms with E-state index in [4.69, 9.17) is 0 Å². The molecule has 0 radical (unpaired) electrons. The Morgan fingerprint density at radius 2 is 2.07 bits per heavy atom. The fourth-order valence-corrected chi connectivity index (χ4v) is 1.76. The highest BCUT2D eigenvalue weighted by atomic mass is 16.3. The van der Waals surface area contributed by atoms with E-state index in [1.54, 1.807) is 0 Å². The Kier molecular flexibility index (Phi) is 2.50. The predicted molar refractivity (Wildman–Crippen MR) is 52.6 cm³/mol. The molecule has 1 saturated heterocycles. The van der Waals surface area contributed by atoms with Gasteiger partial charge in [-0.3, -0.25) is 4.79 Å². The van der Waals surface area contributed by atoms with Crippen LogP contribution in [0.4, 0.5) is 0 Å². The van der Waals surface area contributed by atoms with E-state index in [9.17, 15) is 9.90 Å². The Morgan fingerprint density at radius 1 is 1.36 bits per heavy atom. The van der Waals surface area contributed by atoms with E-state index in [2.05, 4.69) is 5.32 Å². The van der Waals surface area contributed by atoms with Crippen molar-refractivity contribution in [2.24, 2.45) is 0 Å². The average molecular weight is 191 g/mol. The number of amides is 1. The standard InChI is InChI=1S/C11H13NO2/c13-10-7-6-9(12-10)11(14)8-4-2-1-3-5-8/h1-5,9,11,14H,6-7H2,(H,12,13)/t9-,11+/m1/s1. The van der Waals surface area contributed by atoms with Gasteiger partial charge < -0.3 is 10.4 Å². The summed E-state index contributed by atoms with van der Waals surface area (Å²) in [5, 5.41) is 12.7. The summed E-state index contributed by atoms with van der Waals surface area (Å²) in [6, 6.07) is 9.29. The highest BCUT2D eigenvalue weighted by molar-refractivity contribution is 5.78. The van der Waals surface area contributed by atoms with Crippen LogP contribution in [0, 0.1) is 0 Å². The van der Waals surface area contributed by atoms with Gasteiger partial charge in [-0.15, -0.1) is 0 Å². The number of hydrogen-bond donors (Lipinski definition) is 2. The molecule has 0 aromatic heterocycles. The molecule has 1 heterocycles. The van der Waals surface area contributed by atoms with Crippen LogP contribution in [0.25, 0.3) is 0 Å². The lowest BCUT2D eigenvalue weighted by Gasteiger charge is -2.17. The number of benzene rings is 1. The molecule has 2 atom stereocenters. The van der Waals surface area contributed by atoms with Crippen LogP contribution in [-0.4, -0.2) is 17.1 Å². The number of aliphatic hydroxyl groups excluding tert-OH is 1. The smallest absolute Gasteiger partial charge is 0.220 e. The zero-order chi connectivity index (χ0) is 9.97. The molecule has 1 amide bonds. The lowest BCUT2D eigenvalue weighted by atomic mass is 10.0. The van der Waals surface area contributed by atoms with Crippen molar-refractivity contribution in [1.82, 2.24) is 5.32 Å². The van der Waals surface area contributed by atoms with E-state index in [0.717, 1.165) is 12.0 Å². The summed E-state index contributed by atoms with van der Waals surface area (Å²) in [5.41, 5.74) is 0.861. The first-order valence-corrected chi connectivity index (χ1v) is 4.80. The van der Waals surface area contributed by atoms with E-state index < -0.39 is 6.10 Å². The third-order valence-corrected chi connectivity index (χ3v) is 2.55. The van der Waals surface area contributed by atoms with Crippen LogP contribution in [0.1, 0.15) is 24.5 Å². The van der Waals surface area contributed by atoms with E-state index in [0.29, 0.717) is 6.42 Å². The Morgan fingerprint density at radius 3 is 2.64 bits per heavy atom. The number of rotatable bonds is 2. The summed E-state index contributed by atoms with van der Waals surface area (Å²) in [7, 11) is 0. The molecule has 74 valence electrons. The van der Waals surface area contributed by atoms with Crippen LogP contribution in [0.3, 0.4) is 0 Å². The normalized spacial score (nSPS) is 23.2. The van der Waals surface area contributed by atoms with Crippen molar-refractivity contribution >= 4 is 5.91 Å². The van der Waals surface area contributed by atoms with Gasteiger partial charge >= 0.3 is 0 Å². The third-order valence-electron chi connectivity index (χ3n) is 2.55. The second-order valence-electron chi connectivity index (χ2n) is 3.57. The zero-order valence-electron chi connectivity index (χ0n) is 7.81. The molecule has 1 aliphatic rings. The van der Waals surface area contributed by atoms with Crippen LogP contribution in [0.15, 0.2) is 30.3 Å². The second-order valence-corrected chi connectivity index (χ2v) is 3.57. The summed E-state index contributed by atoms with van der Waals surface area (Å²) >= 11 is 0. The van der Waals surface area contributed by atoms with Crippen molar-refractivity contribution < 1.29 is 9.90 Å². The maximum atomic E-state index is 11.0. The summed E-state index contributed by atoms with van der Waals surface area (Å²) < 4.78 is 0. The first kappa shape index (κ1) is 9.21. The van der Waals surface area contributed by atoms with Gasteiger partial charge in [-0.1, -0.05) is 30.3 Å². The molecule has 2 N–H and O–H groups in total. The minimum Gasteiger partial charge on any atom is -0.386 e. The van der Waals surface area contributed by atoms with E-state index >= 15 is 0 Å². The maximum absolute atomic E-state index is 11.0. The zero-order valence-corrected chi connectivity index (χ0v) is 7.81. The molecule has 3 nitrogen and oxygen atoms in total. The Labute approximate surface area is 82.8 Å². The average Bonchev–Trinajstić information content (AvgIpc) is 2.65. The highest BCUT2D eigenvalue weighted by Crippen LogP contribution is 2.22. The van der Waals surface area contributed by atoms with Crippen LogP contribution >= 0.6 is 0 Å². The number of carbonyl (C=O) groups excluding carboxylic acids is 1. The lowest BCUT2D eigenvalue weighted by molar-refractivity contribution is -0.119. The molecule has 1 fully saturated rings. The van der Waals surface area contributed by atoms with Crippen LogP contribution in [-0.2, 0) is 4.79 Å². The molecule has 1 aromatic carbocycles. The van der Waals surface area contributed by atoms with Gasteiger partial charge in [0, 0.05) is 6.42 Å². The van der Waals surface area contributed by atoms with Gasteiger partial charge in [0.25, 0.3) is 0 Å². The van der Waals surface area contributed by atoms with Gasteiger partial charge in [0.05, 0.1) is 12.1 Å². The van der Waals surface area contributed by atoms with Crippen molar-refractivity contribution in [1.29, 1.82) is 0 Å². The first-order valence-electron chi connectivity index (χ1n) is 4.80. The summed E-state index contributed by atoms with van der Waals surface area (Å²) in [4.78, 5) is 11.0. The van der Waals surface area contributed by atoms with E-state index in [1.807, 2.05) is 30.3 Å². The summed E-state index contributed by atoms with van der Waals surface area (Å²) in [6.45, 7) is 0. The van der Waals surface area contributed by atoms with Crippen molar-refractivity contribution in [3.05, 3.63) is 35.9 Å². The number of carbonyl (C=O) groups is 1. The van der Waals surface area contributed by atoms with Gasteiger partial charge in [-0.25, -0.2) is 0 Å². The van der Waals surface area contributed by atoms with Crippen LogP contribution in [0.2, 0.25) is 0 Å². The van der Waals surface area contributed by atoms with Crippen LogP contribution in [0.5, 0.6) is 0 Å². The Balaban J connectivity index is 2.09. The SMILES string of the molecule is O=C1CC[C@H]([C@@H](O)c2ccccc2)N1. The maximum Gasteiger partial charge on any atom is 0.220 e. The van der Waals surface area contributed by atoms with Crippen LogP contribution < -0.4 is 5.32 Å². The summed E-state index contributed by atoms with van der Waals surface area (Å²) in [5.74, 6) is 0.0324. The van der Waals surface area contributed by atoms with Crippen molar-refractivity contribution in [3.8, 4) is 0 Å². The minimum absolute atomic E-state index is 0.0324. The molecule has 0 aliphatic carbocycles. The largest absolute Gasteiger partial charge is 0.386 e. The number of aliphatic hydroxyl groups is 1. The molecule has 1 aliphatic heterocycles. The number of hydrogen-bond acceptors (Lipinski definition) is 2. The molecular weight excluding hydrogens is 178 g/mol. The van der Waals surface area contributed by atoms with E-state index in [1.165, 1.54) is 0 Å². The van der Waals surface area contributed by atoms with Gasteiger partial charge in [-0.2, -0.15) is 0 Å². The topological polar surface area (TPSA) is 49.3 Å². The third kappa shape index (κ3) is 1.77. The fourth-order valence-electron chi connectivity index (χ4n) is 1.76. The quantitative estimate of drug-likeness (QED) is 0.732. The van der Waals surface area contributed by atoms with Gasteiger partial charge in [-0.05, 0) is 12.0 Å².